The first-order chi connectivity index (χ1) is 9.11. The van der Waals surface area contributed by atoms with Crippen LogP contribution in [0.1, 0.15) is 11.1 Å². The maximum Gasteiger partial charge on any atom is 0.135 e. The van der Waals surface area contributed by atoms with Crippen LogP contribution in [0.25, 0.3) is 0 Å². The first kappa shape index (κ1) is 12.9. The first-order valence-electron chi connectivity index (χ1n) is 5.53. The van der Waals surface area contributed by atoms with Crippen molar-refractivity contribution >= 4 is 5.69 Å². The summed E-state index contributed by atoms with van der Waals surface area (Å²) < 4.78 is 32.2. The van der Waals surface area contributed by atoms with E-state index in [1.807, 2.05) is 0 Å². The third-order valence-corrected chi connectivity index (χ3v) is 2.59. The molecule has 0 aromatic heterocycles. The molecule has 0 heterocycles. The number of nitrogens with two attached hydrogens (primary N) is 1. The van der Waals surface area contributed by atoms with Crippen LogP contribution in [0, 0.1) is 24.0 Å². The van der Waals surface area contributed by atoms with Crippen molar-refractivity contribution < 1.29 is 13.5 Å². The largest absolute Gasteiger partial charge is 0.487 e. The van der Waals surface area contributed by atoms with E-state index in [0.29, 0.717) is 17.0 Å². The summed E-state index contributed by atoms with van der Waals surface area (Å²) >= 11 is 0. The standard InChI is InChI=1S/C15H11F2NO/c1-2-10-8-11(18)6-7-15(10)19-9-12-13(16)4-3-5-14(12)17/h1,3-8H,9,18H2. The van der Waals surface area contributed by atoms with Gasteiger partial charge in [0.2, 0.25) is 0 Å². The lowest BCUT2D eigenvalue weighted by molar-refractivity contribution is 0.292. The molecule has 19 heavy (non-hydrogen) atoms. The second-order valence-corrected chi connectivity index (χ2v) is 3.89. The average Bonchev–Trinajstić information content (AvgIpc) is 2.39. The summed E-state index contributed by atoms with van der Waals surface area (Å²) in [6.45, 7) is -0.239. The fraction of sp³-hybridized carbons (Fsp3) is 0.0667. The third-order valence-electron chi connectivity index (χ3n) is 2.59. The van der Waals surface area contributed by atoms with Crippen molar-refractivity contribution in [2.24, 2.45) is 0 Å². The molecule has 2 aromatic carbocycles. The van der Waals surface area contributed by atoms with Crippen LogP contribution < -0.4 is 10.5 Å². The van der Waals surface area contributed by atoms with Gasteiger partial charge in [-0.25, -0.2) is 8.78 Å². The van der Waals surface area contributed by atoms with Gasteiger partial charge in [0.25, 0.3) is 0 Å². The summed E-state index contributed by atoms with van der Waals surface area (Å²) in [4.78, 5) is 0. The fourth-order valence-corrected chi connectivity index (χ4v) is 1.61. The summed E-state index contributed by atoms with van der Waals surface area (Å²) in [5.74, 6) is 1.46. The first-order valence-corrected chi connectivity index (χ1v) is 5.53. The molecule has 0 fully saturated rings. The van der Waals surface area contributed by atoms with Gasteiger partial charge < -0.3 is 10.5 Å². The van der Waals surface area contributed by atoms with E-state index in [9.17, 15) is 8.78 Å². The molecule has 0 saturated carbocycles. The molecule has 0 unspecified atom stereocenters. The zero-order valence-corrected chi connectivity index (χ0v) is 9.99. The minimum Gasteiger partial charge on any atom is -0.487 e. The quantitative estimate of drug-likeness (QED) is 0.679. The highest BCUT2D eigenvalue weighted by Gasteiger charge is 2.10. The summed E-state index contributed by atoms with van der Waals surface area (Å²) in [5, 5.41) is 0. The Balaban J connectivity index is 2.22. The lowest BCUT2D eigenvalue weighted by atomic mass is 10.2. The normalized spacial score (nSPS) is 9.95. The summed E-state index contributed by atoms with van der Waals surface area (Å²) in [7, 11) is 0. The molecule has 96 valence electrons. The van der Waals surface area contributed by atoms with Crippen molar-refractivity contribution in [3.8, 4) is 18.1 Å². The number of hydrogen-bond donors (Lipinski definition) is 1. The van der Waals surface area contributed by atoms with Gasteiger partial charge in [-0.1, -0.05) is 12.0 Å². The van der Waals surface area contributed by atoms with E-state index >= 15 is 0 Å². The molecule has 0 atom stereocenters. The minimum absolute atomic E-state index is 0.137. The number of hydrogen-bond acceptors (Lipinski definition) is 2. The Morgan fingerprint density at radius 1 is 1.16 bits per heavy atom. The molecule has 2 rings (SSSR count). The molecule has 2 nitrogen and oxygen atoms in total. The van der Waals surface area contributed by atoms with Crippen LogP contribution in [0.15, 0.2) is 36.4 Å². The fourth-order valence-electron chi connectivity index (χ4n) is 1.61. The van der Waals surface area contributed by atoms with Gasteiger partial charge in [0.1, 0.15) is 24.0 Å². The highest BCUT2D eigenvalue weighted by Crippen LogP contribution is 2.22. The van der Waals surface area contributed by atoms with Crippen molar-refractivity contribution in [2.75, 3.05) is 5.73 Å². The van der Waals surface area contributed by atoms with E-state index in [-0.39, 0.29) is 12.2 Å². The van der Waals surface area contributed by atoms with Gasteiger partial charge in [0.15, 0.2) is 0 Å². The Kier molecular flexibility index (Phi) is 3.67. The van der Waals surface area contributed by atoms with E-state index in [2.05, 4.69) is 5.92 Å². The van der Waals surface area contributed by atoms with Crippen molar-refractivity contribution in [3.63, 3.8) is 0 Å². The Hall–Kier alpha value is -2.54. The van der Waals surface area contributed by atoms with Crippen molar-refractivity contribution in [3.05, 3.63) is 59.2 Å². The zero-order valence-electron chi connectivity index (χ0n) is 9.99. The molecule has 0 amide bonds. The van der Waals surface area contributed by atoms with Gasteiger partial charge in [0.05, 0.1) is 11.1 Å². The predicted molar refractivity (Wildman–Crippen MR) is 69.5 cm³/mol. The van der Waals surface area contributed by atoms with Crippen LogP contribution in [-0.4, -0.2) is 0 Å². The molecule has 0 spiro atoms. The summed E-state index contributed by atoms with van der Waals surface area (Å²) in [5.41, 5.74) is 6.39. The predicted octanol–water partition coefficient (Wildman–Crippen LogP) is 3.11. The number of terminal acetylenes is 1. The zero-order chi connectivity index (χ0) is 13.8. The summed E-state index contributed by atoms with van der Waals surface area (Å²) in [6.07, 6.45) is 5.31. The van der Waals surface area contributed by atoms with Gasteiger partial charge in [-0.15, -0.1) is 6.42 Å². The highest BCUT2D eigenvalue weighted by atomic mass is 19.1. The number of nitrogen functional groups attached to an aromatic ring is 1. The van der Waals surface area contributed by atoms with Gasteiger partial charge in [-0.2, -0.15) is 0 Å². The Morgan fingerprint density at radius 2 is 1.84 bits per heavy atom. The third kappa shape index (κ3) is 2.83. The maximum absolute atomic E-state index is 13.4. The summed E-state index contributed by atoms with van der Waals surface area (Å²) in [6, 6.07) is 8.38. The molecule has 2 N–H and O–H groups in total. The number of rotatable bonds is 3. The molecular formula is C15H11F2NO. The molecule has 2 aromatic rings. The molecule has 0 aliphatic rings. The second kappa shape index (κ2) is 5.40. The Labute approximate surface area is 109 Å². The number of ether oxygens (including phenoxy) is 1. The monoisotopic (exact) mass is 259 g/mol. The van der Waals surface area contributed by atoms with Gasteiger partial charge in [-0.3, -0.25) is 0 Å². The SMILES string of the molecule is C#Cc1cc(N)ccc1OCc1c(F)cccc1F. The van der Waals surface area contributed by atoms with E-state index in [1.165, 1.54) is 18.2 Å². The smallest absolute Gasteiger partial charge is 0.135 e. The lowest BCUT2D eigenvalue weighted by Gasteiger charge is -2.10. The lowest BCUT2D eigenvalue weighted by Crippen LogP contribution is -2.03. The van der Waals surface area contributed by atoms with Gasteiger partial charge >= 0.3 is 0 Å². The van der Waals surface area contributed by atoms with E-state index in [1.54, 1.807) is 18.2 Å². The van der Waals surface area contributed by atoms with Gasteiger partial charge in [-0.05, 0) is 30.3 Å². The maximum atomic E-state index is 13.4. The van der Waals surface area contributed by atoms with Crippen molar-refractivity contribution in [2.45, 2.75) is 6.61 Å². The molecular weight excluding hydrogens is 248 g/mol. The topological polar surface area (TPSA) is 35.2 Å². The highest BCUT2D eigenvalue weighted by molar-refractivity contribution is 5.54. The van der Waals surface area contributed by atoms with Crippen LogP contribution in [0.2, 0.25) is 0 Å². The minimum atomic E-state index is -0.655. The Morgan fingerprint density at radius 3 is 2.47 bits per heavy atom. The molecule has 0 aliphatic carbocycles. The molecule has 4 heteroatoms. The van der Waals surface area contributed by atoms with Crippen LogP contribution >= 0.6 is 0 Å². The number of benzene rings is 2. The van der Waals surface area contributed by atoms with Crippen LogP contribution in [0.4, 0.5) is 14.5 Å². The molecule has 0 aliphatic heterocycles. The van der Waals surface area contributed by atoms with E-state index in [4.69, 9.17) is 16.9 Å². The van der Waals surface area contributed by atoms with Gasteiger partial charge in [0, 0.05) is 5.69 Å². The van der Waals surface area contributed by atoms with Crippen LogP contribution in [-0.2, 0) is 6.61 Å². The Bertz CT molecular complexity index is 627. The number of halogens is 2. The number of anilines is 1. The van der Waals surface area contributed by atoms with Crippen LogP contribution in [0.3, 0.4) is 0 Å². The van der Waals surface area contributed by atoms with Crippen LogP contribution in [0.5, 0.6) is 5.75 Å². The molecule has 0 bridgehead atoms. The van der Waals surface area contributed by atoms with E-state index in [0.717, 1.165) is 0 Å². The second-order valence-electron chi connectivity index (χ2n) is 3.89. The van der Waals surface area contributed by atoms with E-state index < -0.39 is 11.6 Å². The molecule has 0 radical (unpaired) electrons. The van der Waals surface area contributed by atoms with Crippen molar-refractivity contribution in [1.29, 1.82) is 0 Å². The average molecular weight is 259 g/mol. The molecule has 0 saturated heterocycles. The van der Waals surface area contributed by atoms with Crippen molar-refractivity contribution in [1.82, 2.24) is 0 Å².